The van der Waals surface area contributed by atoms with E-state index in [0.29, 0.717) is 95.2 Å². The van der Waals surface area contributed by atoms with Gasteiger partial charge in [-0.3, -0.25) is 0 Å². The maximum Gasteiger partial charge on any atom is 0.421 e. The number of hydrogen-bond donors (Lipinski definition) is 5. The molecule has 2 aromatic rings. The Morgan fingerprint density at radius 2 is 0.905 bits per heavy atom. The molecule has 8 aliphatic carbocycles. The molecule has 2 amide bonds. The number of amides is 2. The average molecular weight is 1210 g/mol. The molecule has 0 spiro atoms. The van der Waals surface area contributed by atoms with Gasteiger partial charge < -0.3 is 24.8 Å². The van der Waals surface area contributed by atoms with E-state index < -0.39 is 32.2 Å². The van der Waals surface area contributed by atoms with Crippen LogP contribution in [0, 0.1) is 124 Å². The molecule has 0 aromatic heterocycles. The number of nitrogens with one attached hydrogen (secondary N) is 2. The standard InChI is InChI=1S/C35H55NO5S.C34H53NO6S/c1-7-26-30-21-23(3)16-18-35(30,6)29-17-19-34(5)27(14-15-28(34)31(29)32(26)37)24(4)9-8-20-41-33(38)36-42(39,40)25-12-10-22(2)11-13-25;1-6-25-29-20-23(36)15-17-34(29,5)28-16-18-33(4)26(13-14-27(33)30(28)31(25)37)22(3)8-7-19-41-32(38)35-42(39,40)24-11-9-21(2)10-12-24/h10-13,23-24,26-32,37H,7-9,14-21H2,1-6H3,(H,36,38);9-12,22-23,25-31,36-37H,6-8,13-20H2,1-5H3,(H,35,38)/t23-,24-,26-,27-,28+,29+,30+,31+,32-,34-,35-;22-,23-,25-,26-,27+,28+,29+,30+,31-,33-,34-/m11/s1. The fourth-order valence-electron chi connectivity index (χ4n) is 21.5. The van der Waals surface area contributed by atoms with E-state index in [0.717, 1.165) is 68.4 Å². The van der Waals surface area contributed by atoms with Crippen molar-refractivity contribution in [2.75, 3.05) is 13.2 Å². The van der Waals surface area contributed by atoms with Gasteiger partial charge in [-0.15, -0.1) is 0 Å². The fraction of sp³-hybridized carbons (Fsp3) is 0.797. The van der Waals surface area contributed by atoms with Crippen molar-refractivity contribution in [1.29, 1.82) is 0 Å². The number of carbonyl (C=O) groups is 2. The summed E-state index contributed by atoms with van der Waals surface area (Å²) in [5, 5.41) is 34.4. The van der Waals surface area contributed by atoms with Crippen molar-refractivity contribution < 1.29 is 51.2 Å². The highest BCUT2D eigenvalue weighted by atomic mass is 32.2. The number of sulfonamides is 2. The lowest BCUT2D eigenvalue weighted by molar-refractivity contribution is -0.203. The minimum Gasteiger partial charge on any atom is -0.449 e. The Kier molecular flexibility index (Phi) is 19.9. The highest BCUT2D eigenvalue weighted by Crippen LogP contribution is 2.72. The Balaban J connectivity index is 0.000000202. The normalized spacial score (nSPS) is 40.4. The Hall–Kier alpha value is -3.24. The second-order valence-electron chi connectivity index (χ2n) is 30.0. The van der Waals surface area contributed by atoms with Gasteiger partial charge in [-0.1, -0.05) is 117 Å². The van der Waals surface area contributed by atoms with Gasteiger partial charge in [0, 0.05) is 0 Å². The van der Waals surface area contributed by atoms with Crippen LogP contribution in [0.4, 0.5) is 9.59 Å². The number of aliphatic hydroxyl groups excluding tert-OH is 3. The van der Waals surface area contributed by atoms with Crippen molar-refractivity contribution in [3.05, 3.63) is 59.7 Å². The molecular weight excluding hydrogens is 1100 g/mol. The number of fused-ring (bicyclic) bond motifs is 10. The molecule has 0 aliphatic heterocycles. The van der Waals surface area contributed by atoms with Crippen LogP contribution in [0.1, 0.15) is 202 Å². The Morgan fingerprint density at radius 3 is 1.31 bits per heavy atom. The third-order valence-corrected chi connectivity index (χ3v) is 28.4. The number of carbonyl (C=O) groups excluding carboxylic acids is 2. The number of ether oxygens (including phenoxy) is 2. The zero-order valence-corrected chi connectivity index (χ0v) is 54.6. The predicted molar refractivity (Wildman–Crippen MR) is 329 cm³/mol. The summed E-state index contributed by atoms with van der Waals surface area (Å²) in [6, 6.07) is 12.7. The SMILES string of the molecule is CC[C@H]1[C@@H](O)[C@@H]2[C@H](CC[C@]3(C)[C@@H]([C@H](C)CCCOC(=O)NS(=O)(=O)c4ccc(C)cc4)CC[C@@H]23)[C@@]2(C)CC[C@@H](C)C[C@@H]12.CC[C@H]1[C@@H](O)[C@@H]2[C@H](CC[C@]3(C)[C@@H]([C@H](C)CCCOC(=O)NS(=O)(=O)c4ccc(C)cc4)CC[C@@H]23)[C@@]2(C)CC[C@@H](O)C[C@@H]12. The van der Waals surface area contributed by atoms with E-state index in [4.69, 9.17) is 9.47 Å². The van der Waals surface area contributed by atoms with Crippen molar-refractivity contribution in [2.45, 2.75) is 233 Å². The van der Waals surface area contributed by atoms with Crippen molar-refractivity contribution >= 4 is 32.2 Å². The van der Waals surface area contributed by atoms with Crippen LogP contribution < -0.4 is 9.44 Å². The maximum atomic E-state index is 12.5. The fourth-order valence-corrected chi connectivity index (χ4v) is 23.2. The summed E-state index contributed by atoms with van der Waals surface area (Å²) in [7, 11) is -7.90. The molecule has 472 valence electrons. The summed E-state index contributed by atoms with van der Waals surface area (Å²) in [5.74, 6) is 7.67. The molecule has 8 fully saturated rings. The van der Waals surface area contributed by atoms with E-state index in [1.807, 2.05) is 23.3 Å². The summed E-state index contributed by atoms with van der Waals surface area (Å²) in [4.78, 5) is 24.6. The first-order valence-electron chi connectivity index (χ1n) is 33.2. The molecule has 5 N–H and O–H groups in total. The van der Waals surface area contributed by atoms with Crippen LogP contribution in [0.3, 0.4) is 0 Å². The van der Waals surface area contributed by atoms with E-state index in [9.17, 15) is 41.7 Å². The zero-order valence-electron chi connectivity index (χ0n) is 53.0. The molecule has 8 aliphatic rings. The van der Waals surface area contributed by atoms with Gasteiger partial charge in [-0.05, 0) is 258 Å². The molecule has 0 unspecified atom stereocenters. The van der Waals surface area contributed by atoms with Gasteiger partial charge >= 0.3 is 12.2 Å². The van der Waals surface area contributed by atoms with Crippen molar-refractivity contribution in [3.63, 3.8) is 0 Å². The van der Waals surface area contributed by atoms with Crippen molar-refractivity contribution in [2.24, 2.45) is 110 Å². The monoisotopic (exact) mass is 1200 g/mol. The first kappa shape index (κ1) is 65.2. The third kappa shape index (κ3) is 12.6. The summed E-state index contributed by atoms with van der Waals surface area (Å²) in [6.45, 7) is 25.8. The van der Waals surface area contributed by atoms with Crippen LogP contribution in [0.5, 0.6) is 0 Å². The summed E-state index contributed by atoms with van der Waals surface area (Å²) in [5.41, 5.74) is 2.90. The number of hydrogen-bond acceptors (Lipinski definition) is 11. The van der Waals surface area contributed by atoms with Gasteiger partial charge in [-0.2, -0.15) is 0 Å². The van der Waals surface area contributed by atoms with Gasteiger partial charge in [-0.25, -0.2) is 35.9 Å². The second kappa shape index (κ2) is 25.7. The first-order valence-corrected chi connectivity index (χ1v) is 36.2. The zero-order chi connectivity index (χ0) is 60.9. The highest BCUT2D eigenvalue weighted by molar-refractivity contribution is 7.90. The molecule has 13 nitrogen and oxygen atoms in total. The van der Waals surface area contributed by atoms with E-state index in [1.54, 1.807) is 24.3 Å². The Labute approximate surface area is 506 Å². The lowest BCUT2D eigenvalue weighted by Crippen LogP contribution is -2.62. The number of rotatable bonds is 16. The first-order chi connectivity index (χ1) is 39.6. The van der Waals surface area contributed by atoms with E-state index in [2.05, 4.69) is 62.3 Å². The molecule has 0 heterocycles. The summed E-state index contributed by atoms with van der Waals surface area (Å²) in [6.07, 6.45) is 19.1. The van der Waals surface area contributed by atoms with E-state index in [-0.39, 0.29) is 63.5 Å². The van der Waals surface area contributed by atoms with Crippen LogP contribution in [0.25, 0.3) is 0 Å². The number of aryl methyl sites for hydroxylation is 2. The molecular formula is C69H108N2O11S2. The summed E-state index contributed by atoms with van der Waals surface area (Å²) >= 11 is 0. The van der Waals surface area contributed by atoms with Gasteiger partial charge in [0.25, 0.3) is 20.0 Å². The van der Waals surface area contributed by atoms with Gasteiger partial charge in [0.15, 0.2) is 0 Å². The number of benzene rings is 2. The van der Waals surface area contributed by atoms with Gasteiger partial charge in [0.05, 0.1) is 41.3 Å². The van der Waals surface area contributed by atoms with Crippen LogP contribution in [0.15, 0.2) is 58.3 Å². The lowest BCUT2D eigenvalue weighted by Gasteiger charge is -2.65. The van der Waals surface area contributed by atoms with E-state index in [1.165, 1.54) is 88.5 Å². The Morgan fingerprint density at radius 1 is 0.536 bits per heavy atom. The summed E-state index contributed by atoms with van der Waals surface area (Å²) < 4.78 is 64.5. The Bertz CT molecular complexity index is 2620. The molecule has 0 radical (unpaired) electrons. The van der Waals surface area contributed by atoms with Crippen molar-refractivity contribution in [1.82, 2.24) is 9.44 Å². The van der Waals surface area contributed by atoms with Crippen LogP contribution in [-0.4, -0.2) is 75.9 Å². The van der Waals surface area contributed by atoms with Crippen LogP contribution in [-0.2, 0) is 29.5 Å². The maximum absolute atomic E-state index is 12.5. The van der Waals surface area contributed by atoms with Crippen LogP contribution >= 0.6 is 0 Å². The average Bonchev–Trinajstić information content (AvgIpc) is 2.49. The predicted octanol–water partition coefficient (Wildman–Crippen LogP) is 14.2. The highest BCUT2D eigenvalue weighted by Gasteiger charge is 2.67. The van der Waals surface area contributed by atoms with E-state index >= 15 is 0 Å². The largest absolute Gasteiger partial charge is 0.449 e. The lowest BCUT2D eigenvalue weighted by atomic mass is 9.41. The number of aliphatic hydroxyl groups is 3. The smallest absolute Gasteiger partial charge is 0.421 e. The molecule has 15 heteroatoms. The van der Waals surface area contributed by atoms with Crippen LogP contribution in [0.2, 0.25) is 0 Å². The van der Waals surface area contributed by atoms with Crippen molar-refractivity contribution in [3.8, 4) is 0 Å². The molecule has 8 saturated carbocycles. The molecule has 84 heavy (non-hydrogen) atoms. The topological polar surface area (TPSA) is 206 Å². The van der Waals surface area contributed by atoms with Gasteiger partial charge in [0.1, 0.15) is 0 Å². The molecule has 0 saturated heterocycles. The molecule has 22 atom stereocenters. The minimum absolute atomic E-state index is 0.0383. The second-order valence-corrected chi connectivity index (χ2v) is 33.4. The van der Waals surface area contributed by atoms with Gasteiger partial charge in [0.2, 0.25) is 0 Å². The minimum atomic E-state index is -3.96. The molecule has 0 bridgehead atoms. The molecule has 10 rings (SSSR count). The third-order valence-electron chi connectivity index (χ3n) is 25.8. The molecule has 2 aromatic carbocycles. The quantitative estimate of drug-likeness (QED) is 0.1000.